The van der Waals surface area contributed by atoms with Crippen molar-refractivity contribution >= 4 is 53.4 Å². The van der Waals surface area contributed by atoms with Crippen LogP contribution in [0.2, 0.25) is 0 Å². The summed E-state index contributed by atoms with van der Waals surface area (Å²) in [7, 11) is 0. The highest BCUT2D eigenvalue weighted by atomic mass is 32.1. The molecule has 0 aliphatic rings. The molecule has 0 atom stereocenters. The first-order valence-corrected chi connectivity index (χ1v) is 19.5. The van der Waals surface area contributed by atoms with Gasteiger partial charge in [0.2, 0.25) is 0 Å². The van der Waals surface area contributed by atoms with Crippen LogP contribution in [0.25, 0.3) is 110 Å². The summed E-state index contributed by atoms with van der Waals surface area (Å²) in [4.78, 5) is 15.4. The van der Waals surface area contributed by atoms with Crippen LogP contribution in [-0.2, 0) is 0 Å². The van der Waals surface area contributed by atoms with Crippen molar-refractivity contribution in [1.82, 2.24) is 15.0 Å². The first kappa shape index (κ1) is 32.2. The molecule has 0 amide bonds. The van der Waals surface area contributed by atoms with E-state index in [2.05, 4.69) is 140 Å². The number of aromatic nitrogens is 3. The summed E-state index contributed by atoms with van der Waals surface area (Å²) in [5.41, 5.74) is 11.3. The summed E-state index contributed by atoms with van der Waals surface area (Å²) in [5.74, 6) is 1.83. The minimum Gasteiger partial charge on any atom is -0.456 e. The van der Waals surface area contributed by atoms with Gasteiger partial charge in [0.1, 0.15) is 11.2 Å². The number of benzene rings is 8. The molecule has 0 fully saturated rings. The molecule has 0 radical (unpaired) electrons. The van der Waals surface area contributed by atoms with E-state index in [0.717, 1.165) is 55.3 Å². The molecule has 5 heteroatoms. The van der Waals surface area contributed by atoms with Gasteiger partial charge in [-0.05, 0) is 63.7 Å². The lowest BCUT2D eigenvalue weighted by Crippen LogP contribution is -2.00. The van der Waals surface area contributed by atoms with Gasteiger partial charge in [-0.1, -0.05) is 158 Å². The summed E-state index contributed by atoms with van der Waals surface area (Å²) in [6, 6.07) is 65.7. The van der Waals surface area contributed by atoms with E-state index in [0.29, 0.717) is 17.5 Å². The quantitative estimate of drug-likeness (QED) is 0.171. The topological polar surface area (TPSA) is 51.8 Å². The molecule has 0 unspecified atom stereocenters. The Kier molecular flexibility index (Phi) is 7.64. The molecule has 3 aromatic heterocycles. The molecular formula is C51H31N3OS. The second-order valence-electron chi connectivity index (χ2n) is 14.0. The van der Waals surface area contributed by atoms with E-state index in [1.807, 2.05) is 59.9 Å². The summed E-state index contributed by atoms with van der Waals surface area (Å²) >= 11 is 1.84. The molecule has 8 aromatic carbocycles. The molecule has 0 aliphatic carbocycles. The first-order valence-electron chi connectivity index (χ1n) is 18.7. The molecule has 4 nitrogen and oxygen atoms in total. The third kappa shape index (κ3) is 5.56. The number of furan rings is 1. The molecule has 11 rings (SSSR count). The Morgan fingerprint density at radius 1 is 0.339 bits per heavy atom. The molecule has 0 N–H and O–H groups in total. The number of rotatable bonds is 6. The highest BCUT2D eigenvalue weighted by molar-refractivity contribution is 7.26. The maximum atomic E-state index is 6.46. The van der Waals surface area contributed by atoms with Gasteiger partial charge in [0.25, 0.3) is 0 Å². The van der Waals surface area contributed by atoms with Gasteiger partial charge in [-0.15, -0.1) is 11.3 Å². The summed E-state index contributed by atoms with van der Waals surface area (Å²) in [5, 5.41) is 4.58. The standard InChI is InChI=1S/C51H31N3OS/c1-3-12-32(13-4-1)36-16-9-17-37(30-36)38-28-29-44-43(31-38)47-42(21-11-22-45(47)55-44)51-53-49(34-14-5-2-6-15-34)52-50(54-51)35-26-24-33(25-27-35)39-19-10-20-41-40-18-7-8-23-46(40)56-48(39)41/h1-31H. The predicted octanol–water partition coefficient (Wildman–Crippen LogP) is 14.1. The van der Waals surface area contributed by atoms with Crippen LogP contribution in [0.5, 0.6) is 0 Å². The second kappa shape index (κ2) is 13.3. The van der Waals surface area contributed by atoms with Gasteiger partial charge in [-0.25, -0.2) is 15.0 Å². The maximum Gasteiger partial charge on any atom is 0.164 e. The number of hydrogen-bond donors (Lipinski definition) is 0. The van der Waals surface area contributed by atoms with Crippen LogP contribution in [0.4, 0.5) is 0 Å². The van der Waals surface area contributed by atoms with Gasteiger partial charge in [-0.3, -0.25) is 0 Å². The van der Waals surface area contributed by atoms with Crippen LogP contribution in [0.15, 0.2) is 192 Å². The second-order valence-corrected chi connectivity index (χ2v) is 15.0. The van der Waals surface area contributed by atoms with Crippen molar-refractivity contribution < 1.29 is 4.42 Å². The first-order chi connectivity index (χ1) is 27.7. The van der Waals surface area contributed by atoms with Crippen molar-refractivity contribution in [3.05, 3.63) is 188 Å². The lowest BCUT2D eigenvalue weighted by Gasteiger charge is -2.10. The van der Waals surface area contributed by atoms with Crippen LogP contribution in [0.3, 0.4) is 0 Å². The largest absolute Gasteiger partial charge is 0.456 e. The van der Waals surface area contributed by atoms with Crippen LogP contribution in [-0.4, -0.2) is 15.0 Å². The summed E-state index contributed by atoms with van der Waals surface area (Å²) in [6.45, 7) is 0. The number of fused-ring (bicyclic) bond motifs is 6. The molecule has 0 aliphatic heterocycles. The zero-order chi connectivity index (χ0) is 37.0. The monoisotopic (exact) mass is 733 g/mol. The van der Waals surface area contributed by atoms with Gasteiger partial charge in [-0.2, -0.15) is 0 Å². The zero-order valence-electron chi connectivity index (χ0n) is 30.1. The fraction of sp³-hybridized carbons (Fsp3) is 0. The van der Waals surface area contributed by atoms with Crippen LogP contribution in [0, 0.1) is 0 Å². The predicted molar refractivity (Wildman–Crippen MR) is 233 cm³/mol. The lowest BCUT2D eigenvalue weighted by atomic mass is 9.97. The Bertz CT molecular complexity index is 3240. The number of thiophene rings is 1. The Labute approximate surface area is 327 Å². The van der Waals surface area contributed by atoms with E-state index in [9.17, 15) is 0 Å². The van der Waals surface area contributed by atoms with Crippen LogP contribution in [0.1, 0.15) is 0 Å². The average molecular weight is 734 g/mol. The fourth-order valence-corrected chi connectivity index (χ4v) is 9.06. The van der Waals surface area contributed by atoms with E-state index in [1.54, 1.807) is 0 Å². The third-order valence-corrected chi connectivity index (χ3v) is 11.8. The normalized spacial score (nSPS) is 11.6. The van der Waals surface area contributed by atoms with Crippen molar-refractivity contribution in [3.63, 3.8) is 0 Å². The molecule has 11 aromatic rings. The van der Waals surface area contributed by atoms with Gasteiger partial charge in [0.05, 0.1) is 0 Å². The summed E-state index contributed by atoms with van der Waals surface area (Å²) in [6.07, 6.45) is 0. The molecule has 262 valence electrons. The zero-order valence-corrected chi connectivity index (χ0v) is 30.9. The Morgan fingerprint density at radius 2 is 0.893 bits per heavy atom. The molecular weight excluding hydrogens is 703 g/mol. The molecule has 0 saturated heterocycles. The Morgan fingerprint density at radius 3 is 1.70 bits per heavy atom. The van der Waals surface area contributed by atoms with E-state index in [4.69, 9.17) is 19.4 Å². The van der Waals surface area contributed by atoms with Crippen molar-refractivity contribution in [1.29, 1.82) is 0 Å². The van der Waals surface area contributed by atoms with E-state index >= 15 is 0 Å². The van der Waals surface area contributed by atoms with Gasteiger partial charge >= 0.3 is 0 Å². The number of nitrogens with zero attached hydrogens (tertiary/aromatic N) is 3. The molecule has 0 saturated carbocycles. The van der Waals surface area contributed by atoms with E-state index < -0.39 is 0 Å². The van der Waals surface area contributed by atoms with Crippen molar-refractivity contribution in [2.24, 2.45) is 0 Å². The lowest BCUT2D eigenvalue weighted by molar-refractivity contribution is 0.669. The minimum atomic E-state index is 0.595. The number of hydrogen-bond acceptors (Lipinski definition) is 5. The maximum absolute atomic E-state index is 6.46. The highest BCUT2D eigenvalue weighted by Crippen LogP contribution is 2.41. The average Bonchev–Trinajstić information content (AvgIpc) is 3.85. The van der Waals surface area contributed by atoms with E-state index in [-0.39, 0.29) is 0 Å². The van der Waals surface area contributed by atoms with E-state index in [1.165, 1.54) is 36.9 Å². The molecule has 0 spiro atoms. The SMILES string of the molecule is c1ccc(-c2cccc(-c3ccc4oc5cccc(-c6nc(-c7ccccc7)nc(-c7ccc(-c8cccc9c8sc8ccccc89)cc7)n6)c5c4c3)c2)cc1. The van der Waals surface area contributed by atoms with Crippen LogP contribution < -0.4 is 0 Å². The highest BCUT2D eigenvalue weighted by Gasteiger charge is 2.19. The van der Waals surface area contributed by atoms with Gasteiger partial charge in [0.15, 0.2) is 17.5 Å². The molecule has 3 heterocycles. The molecule has 0 bridgehead atoms. The summed E-state index contributed by atoms with van der Waals surface area (Å²) < 4.78 is 9.05. The van der Waals surface area contributed by atoms with Gasteiger partial charge < -0.3 is 4.42 Å². The van der Waals surface area contributed by atoms with Crippen molar-refractivity contribution in [2.45, 2.75) is 0 Å². The van der Waals surface area contributed by atoms with Crippen LogP contribution >= 0.6 is 11.3 Å². The van der Waals surface area contributed by atoms with Gasteiger partial charge in [0, 0.05) is 47.6 Å². The third-order valence-electron chi connectivity index (χ3n) is 10.6. The van der Waals surface area contributed by atoms with Crippen molar-refractivity contribution in [2.75, 3.05) is 0 Å². The molecule has 56 heavy (non-hydrogen) atoms. The van der Waals surface area contributed by atoms with Crippen molar-refractivity contribution in [3.8, 4) is 67.5 Å². The Hall–Kier alpha value is -7.21. The Balaban J connectivity index is 1.04. The minimum absolute atomic E-state index is 0.595. The fourth-order valence-electron chi connectivity index (χ4n) is 7.82. The smallest absolute Gasteiger partial charge is 0.164 e.